The second-order valence-corrected chi connectivity index (χ2v) is 21.7. The predicted octanol–water partition coefficient (Wildman–Crippen LogP) is 7.83. The third-order valence-electron chi connectivity index (χ3n) is 13.3. The molecule has 3 atom stereocenters. The predicted molar refractivity (Wildman–Crippen MR) is 270 cm³/mol. The van der Waals surface area contributed by atoms with Crippen LogP contribution in [0.2, 0.25) is 5.02 Å². The fourth-order valence-corrected chi connectivity index (χ4v) is 10.9. The Labute approximate surface area is 426 Å². The van der Waals surface area contributed by atoms with E-state index in [1.807, 2.05) is 65.0 Å². The minimum Gasteiger partial charge on any atom is -0.489 e. The number of thiazole rings is 1. The van der Waals surface area contributed by atoms with Crippen LogP contribution in [0.25, 0.3) is 21.6 Å². The first-order chi connectivity index (χ1) is 34.0. The number of amides is 4. The van der Waals surface area contributed by atoms with Crippen molar-refractivity contribution >= 4 is 52.4 Å². The maximum Gasteiger partial charge on any atom is 0.251 e. The fraction of sp³-hybridized carbons (Fsp3) is 0.415. The number of carbonyl (C=O) groups is 4. The Morgan fingerprint density at radius 2 is 1.67 bits per heavy atom. The van der Waals surface area contributed by atoms with Crippen molar-refractivity contribution in [2.24, 2.45) is 16.2 Å². The first-order valence-electron chi connectivity index (χ1n) is 23.5. The summed E-state index contributed by atoms with van der Waals surface area (Å²) in [6.45, 7) is 15.0. The number of nitrogens with one attached hydrogen (secondary N) is 4. The van der Waals surface area contributed by atoms with Gasteiger partial charge in [-0.2, -0.15) is 5.26 Å². The van der Waals surface area contributed by atoms with Crippen LogP contribution in [0.15, 0.2) is 78.4 Å². The van der Waals surface area contributed by atoms with Crippen LogP contribution in [-0.4, -0.2) is 100 Å². The maximum atomic E-state index is 15.6. The van der Waals surface area contributed by atoms with Crippen molar-refractivity contribution in [1.29, 1.82) is 5.26 Å². The summed E-state index contributed by atoms with van der Waals surface area (Å²) in [5, 5.41) is 31.7. The van der Waals surface area contributed by atoms with Crippen LogP contribution in [0.3, 0.4) is 0 Å². The molecule has 2 aromatic heterocycles. The molecule has 3 aromatic carbocycles. The number of hydrogen-bond donors (Lipinski definition) is 5. The second kappa shape index (κ2) is 21.7. The third-order valence-corrected chi connectivity index (χ3v) is 14.6. The monoisotopic (exact) mass is 1020 g/mol. The lowest BCUT2D eigenvalue weighted by Crippen LogP contribution is -2.74. The van der Waals surface area contributed by atoms with Crippen molar-refractivity contribution in [3.63, 3.8) is 0 Å². The van der Waals surface area contributed by atoms with E-state index in [1.165, 1.54) is 23.2 Å². The summed E-state index contributed by atoms with van der Waals surface area (Å²) in [4.78, 5) is 65.0. The Morgan fingerprint density at radius 1 is 0.986 bits per heavy atom. The molecular weight excluding hydrogens is 966 g/mol. The zero-order chi connectivity index (χ0) is 52.3. The summed E-state index contributed by atoms with van der Waals surface area (Å²) in [7, 11) is 0. The summed E-state index contributed by atoms with van der Waals surface area (Å²) < 4.78 is 43.1. The van der Waals surface area contributed by atoms with Crippen LogP contribution in [0.5, 0.6) is 5.75 Å². The lowest BCUT2D eigenvalue weighted by molar-refractivity contribution is -0.164. The van der Waals surface area contributed by atoms with Crippen LogP contribution < -0.4 is 26.0 Å². The molecule has 15 nitrogen and oxygen atoms in total. The normalized spacial score (nSPS) is 19.3. The van der Waals surface area contributed by atoms with E-state index in [0.29, 0.717) is 17.1 Å². The number of benzene rings is 3. The van der Waals surface area contributed by atoms with Crippen LogP contribution >= 0.6 is 22.9 Å². The van der Waals surface area contributed by atoms with Crippen molar-refractivity contribution in [3.05, 3.63) is 117 Å². The van der Waals surface area contributed by atoms with Gasteiger partial charge in [-0.15, -0.1) is 11.3 Å². The Balaban J connectivity index is 0.866. The number of aliphatic hydroxyl groups is 1. The van der Waals surface area contributed by atoms with Gasteiger partial charge in [0.2, 0.25) is 17.7 Å². The average molecular weight is 1030 g/mol. The van der Waals surface area contributed by atoms with Crippen molar-refractivity contribution in [2.45, 2.75) is 98.7 Å². The fourth-order valence-electron chi connectivity index (χ4n) is 9.84. The lowest BCUT2D eigenvalue weighted by Gasteiger charge is -2.63. The molecule has 1 saturated carbocycles. The first-order valence-corrected chi connectivity index (χ1v) is 24.7. The Kier molecular flexibility index (Phi) is 16.0. The smallest absolute Gasteiger partial charge is 0.251 e. The quantitative estimate of drug-likeness (QED) is 0.0567. The Morgan fingerprint density at radius 3 is 2.26 bits per heavy atom. The Bertz CT molecular complexity index is 2830. The van der Waals surface area contributed by atoms with Gasteiger partial charge in [0, 0.05) is 66.3 Å². The van der Waals surface area contributed by atoms with Crippen molar-refractivity contribution < 1.29 is 42.5 Å². The highest BCUT2D eigenvalue weighted by atomic mass is 35.5. The molecule has 2 aliphatic rings. The van der Waals surface area contributed by atoms with Gasteiger partial charge >= 0.3 is 0 Å². The molecule has 72 heavy (non-hydrogen) atoms. The second-order valence-electron chi connectivity index (χ2n) is 20.5. The van der Waals surface area contributed by atoms with E-state index in [2.05, 4.69) is 31.2 Å². The molecular formula is C53H59ClF2N8O7S. The number of aryl methyl sites for hydroxylation is 1. The standard InChI is InChI=1S/C53H59ClF2N8O7S/c1-29-44(72-28-61-29)31-11-9-30(10-12-31)24-60-47(68)40-21-35(65)26-64(40)48(69)45(51(2,3)4)62-42(66)27-70-18-17-58-41-16-14-33(25-59-41)43-38(55)19-34(20-39(43)56)46(67)63-49-52(5,6)50(53(49,7)8)71-36-15-13-32(23-57)37(54)22-36/h9-16,19-20,22,25,28,35,40,45,49-50,65H,17-18,21,24,26-27H2,1-8H3,(H,58,59)(H,60,68)(H,62,66)(H,63,67)/t35-,40+,45?,49?,50?/m1/s1. The number of hydrogen-bond acceptors (Lipinski definition) is 12. The molecule has 0 spiro atoms. The number of nitrogens with zero attached hydrogens (tertiary/aromatic N) is 4. The summed E-state index contributed by atoms with van der Waals surface area (Å²) in [6, 6.07) is 17.2. The zero-order valence-corrected chi connectivity index (χ0v) is 42.9. The molecule has 3 heterocycles. The molecule has 1 aliphatic carbocycles. The molecule has 1 aliphatic heterocycles. The number of β-amino-alcohol motifs (C(OH)–C–C–N with tert-alkyl or cyclic N) is 1. The number of aromatic nitrogens is 2. The zero-order valence-electron chi connectivity index (χ0n) is 41.4. The molecule has 5 aromatic rings. The van der Waals surface area contributed by atoms with Gasteiger partial charge < -0.3 is 40.7 Å². The lowest BCUT2D eigenvalue weighted by atomic mass is 9.49. The highest BCUT2D eigenvalue weighted by molar-refractivity contribution is 7.13. The summed E-state index contributed by atoms with van der Waals surface area (Å²) in [6.07, 6.45) is 0.0541. The van der Waals surface area contributed by atoms with E-state index < -0.39 is 75.7 Å². The van der Waals surface area contributed by atoms with Gasteiger partial charge in [-0.3, -0.25) is 19.2 Å². The van der Waals surface area contributed by atoms with Gasteiger partial charge in [0.05, 0.1) is 44.9 Å². The van der Waals surface area contributed by atoms with Gasteiger partial charge in [-0.1, -0.05) is 84.3 Å². The number of nitriles is 1. The van der Waals surface area contributed by atoms with E-state index in [0.717, 1.165) is 33.8 Å². The number of rotatable bonds is 17. The van der Waals surface area contributed by atoms with E-state index in [4.69, 9.17) is 21.1 Å². The third kappa shape index (κ3) is 11.7. The summed E-state index contributed by atoms with van der Waals surface area (Å²) in [5.74, 6) is -3.18. The van der Waals surface area contributed by atoms with Gasteiger partial charge in [-0.25, -0.2) is 18.7 Å². The number of aliphatic hydroxyl groups excluding tert-OH is 1. The maximum absolute atomic E-state index is 15.6. The summed E-state index contributed by atoms with van der Waals surface area (Å²) in [5.41, 5.74) is 2.58. The van der Waals surface area contributed by atoms with Gasteiger partial charge in [0.1, 0.15) is 54.1 Å². The molecule has 19 heteroatoms. The number of pyridine rings is 1. The van der Waals surface area contributed by atoms with Crippen LogP contribution in [0.1, 0.15) is 82.1 Å². The molecule has 2 fully saturated rings. The van der Waals surface area contributed by atoms with E-state index in [-0.39, 0.29) is 67.1 Å². The van der Waals surface area contributed by atoms with E-state index in [1.54, 1.807) is 55.8 Å². The van der Waals surface area contributed by atoms with Gasteiger partial charge in [0.25, 0.3) is 5.91 Å². The van der Waals surface area contributed by atoms with Gasteiger partial charge in [0.15, 0.2) is 0 Å². The van der Waals surface area contributed by atoms with Crippen molar-refractivity contribution in [2.75, 3.05) is 31.6 Å². The average Bonchev–Trinajstić information content (AvgIpc) is 3.95. The number of halogens is 3. The minimum absolute atomic E-state index is 0.0545. The van der Waals surface area contributed by atoms with E-state index >= 15 is 8.78 Å². The van der Waals surface area contributed by atoms with Crippen LogP contribution in [0.4, 0.5) is 14.6 Å². The van der Waals surface area contributed by atoms with Crippen LogP contribution in [-0.2, 0) is 25.7 Å². The molecule has 4 amide bonds. The molecule has 0 bridgehead atoms. The SMILES string of the molecule is Cc1ncsc1-c1ccc(CNC(=O)[C@@H]2C[C@@H](O)CN2C(=O)C(NC(=O)COCCNc2ccc(-c3c(F)cc(C(=O)NC4C(C)(C)C(Oc5ccc(C#N)c(Cl)c5)C4(C)C)cc3F)cn2)C(C)(C)C)cc1. The highest BCUT2D eigenvalue weighted by Gasteiger charge is 2.64. The van der Waals surface area contributed by atoms with Crippen molar-refractivity contribution in [3.8, 4) is 33.4 Å². The molecule has 1 saturated heterocycles. The number of carbonyl (C=O) groups excluding carboxylic acids is 4. The largest absolute Gasteiger partial charge is 0.489 e. The highest BCUT2D eigenvalue weighted by Crippen LogP contribution is 2.55. The topological polar surface area (TPSA) is 208 Å². The number of likely N-dealkylation sites (tertiary alicyclic amines) is 1. The Hall–Kier alpha value is -6.52. The molecule has 5 N–H and O–H groups in total. The molecule has 1 unspecified atom stereocenters. The van der Waals surface area contributed by atoms with Crippen LogP contribution in [0, 0.1) is 46.1 Å². The molecule has 380 valence electrons. The first kappa shape index (κ1) is 53.3. The number of ether oxygens (including phenoxy) is 2. The van der Waals surface area contributed by atoms with E-state index in [9.17, 15) is 29.5 Å². The van der Waals surface area contributed by atoms with Gasteiger partial charge in [-0.05, 0) is 59.9 Å². The molecule has 7 rings (SSSR count). The number of anilines is 1. The van der Waals surface area contributed by atoms with Crippen molar-refractivity contribution in [1.82, 2.24) is 30.8 Å². The summed E-state index contributed by atoms with van der Waals surface area (Å²) >= 11 is 7.76. The minimum atomic E-state index is -1.04. The molecule has 0 radical (unpaired) electrons.